The summed E-state index contributed by atoms with van der Waals surface area (Å²) in [5.41, 5.74) is 1.72. The van der Waals surface area contributed by atoms with Crippen LogP contribution in [-0.4, -0.2) is 58.5 Å². The molecule has 0 spiro atoms. The average molecular weight is 397 g/mol. The number of benzene rings is 1. The maximum atomic E-state index is 12.6. The van der Waals surface area contributed by atoms with E-state index in [1.54, 1.807) is 18.3 Å². The van der Waals surface area contributed by atoms with E-state index < -0.39 is 0 Å². The number of pyridine rings is 2. The average Bonchev–Trinajstić information content (AvgIpc) is 2.74. The predicted molar refractivity (Wildman–Crippen MR) is 108 cm³/mol. The molecule has 1 aliphatic heterocycles. The number of nitrogens with zero attached hydrogens (tertiary/aromatic N) is 4. The minimum absolute atomic E-state index is 0.00640. The van der Waals surface area contributed by atoms with E-state index in [0.29, 0.717) is 29.4 Å². The summed E-state index contributed by atoms with van der Waals surface area (Å²) in [5, 5.41) is 1.43. The first-order valence-electron chi connectivity index (χ1n) is 9.27. The van der Waals surface area contributed by atoms with Crippen LogP contribution in [0, 0.1) is 0 Å². The van der Waals surface area contributed by atoms with E-state index in [2.05, 4.69) is 14.9 Å². The summed E-state index contributed by atoms with van der Waals surface area (Å²) in [6.07, 6.45) is 3.50. The van der Waals surface area contributed by atoms with E-state index in [9.17, 15) is 4.79 Å². The van der Waals surface area contributed by atoms with Crippen LogP contribution in [0.1, 0.15) is 5.69 Å². The fourth-order valence-electron chi connectivity index (χ4n) is 3.34. The maximum Gasteiger partial charge on any atom is 0.260 e. The van der Waals surface area contributed by atoms with Gasteiger partial charge in [-0.1, -0.05) is 17.7 Å². The Balaban J connectivity index is 1.31. The number of fused-ring (bicyclic) bond motifs is 1. The third kappa shape index (κ3) is 4.24. The molecule has 2 aromatic heterocycles. The van der Waals surface area contributed by atoms with E-state index >= 15 is 0 Å². The highest BCUT2D eigenvalue weighted by molar-refractivity contribution is 6.35. The quantitative estimate of drug-likeness (QED) is 0.663. The van der Waals surface area contributed by atoms with Crippen LogP contribution in [0.5, 0.6) is 5.75 Å². The molecular formula is C21H21ClN4O2. The number of rotatable bonds is 5. The van der Waals surface area contributed by atoms with Crippen LogP contribution in [0.4, 0.5) is 0 Å². The Hall–Kier alpha value is -2.70. The molecule has 0 unspecified atom stereocenters. The van der Waals surface area contributed by atoms with Gasteiger partial charge >= 0.3 is 0 Å². The van der Waals surface area contributed by atoms with Crippen molar-refractivity contribution < 1.29 is 9.53 Å². The summed E-state index contributed by atoms with van der Waals surface area (Å²) in [4.78, 5) is 25.4. The van der Waals surface area contributed by atoms with Gasteiger partial charge in [-0.25, -0.2) is 0 Å². The van der Waals surface area contributed by atoms with Crippen LogP contribution in [0.25, 0.3) is 10.9 Å². The molecule has 1 amide bonds. The van der Waals surface area contributed by atoms with Crippen molar-refractivity contribution in [1.82, 2.24) is 19.8 Å². The number of carbonyl (C=O) groups excluding carboxylic acids is 1. The summed E-state index contributed by atoms with van der Waals surface area (Å²) in [6, 6.07) is 13.2. The monoisotopic (exact) mass is 396 g/mol. The molecule has 4 rings (SSSR count). The van der Waals surface area contributed by atoms with Crippen LogP contribution in [0.2, 0.25) is 5.02 Å². The van der Waals surface area contributed by atoms with Crippen LogP contribution in [-0.2, 0) is 11.3 Å². The van der Waals surface area contributed by atoms with Crippen LogP contribution in [0.3, 0.4) is 0 Å². The number of amides is 1. The fraction of sp³-hybridized carbons (Fsp3) is 0.286. The molecule has 1 aromatic carbocycles. The number of piperazine rings is 1. The molecule has 0 aliphatic carbocycles. The first-order chi connectivity index (χ1) is 13.7. The first-order valence-corrected chi connectivity index (χ1v) is 9.64. The summed E-state index contributed by atoms with van der Waals surface area (Å²) in [6.45, 7) is 3.83. The van der Waals surface area contributed by atoms with Gasteiger partial charge in [0, 0.05) is 50.5 Å². The van der Waals surface area contributed by atoms with Crippen molar-refractivity contribution in [2.24, 2.45) is 0 Å². The molecule has 1 saturated heterocycles. The van der Waals surface area contributed by atoms with Crippen molar-refractivity contribution in [3.05, 3.63) is 65.6 Å². The van der Waals surface area contributed by atoms with E-state index in [0.717, 1.165) is 30.7 Å². The second-order valence-electron chi connectivity index (χ2n) is 6.71. The Kier molecular flexibility index (Phi) is 5.69. The number of hydrogen-bond acceptors (Lipinski definition) is 5. The van der Waals surface area contributed by atoms with Gasteiger partial charge in [-0.3, -0.25) is 19.7 Å². The Bertz CT molecular complexity index is 959. The molecule has 7 heteroatoms. The van der Waals surface area contributed by atoms with E-state index in [1.165, 1.54) is 0 Å². The topological polar surface area (TPSA) is 58.6 Å². The molecule has 0 N–H and O–H groups in total. The largest absolute Gasteiger partial charge is 0.481 e. The van der Waals surface area contributed by atoms with Crippen molar-refractivity contribution in [3.63, 3.8) is 0 Å². The normalized spacial score (nSPS) is 15.0. The lowest BCUT2D eigenvalue weighted by Gasteiger charge is -2.34. The smallest absolute Gasteiger partial charge is 0.260 e. The van der Waals surface area contributed by atoms with Crippen molar-refractivity contribution in [3.8, 4) is 5.75 Å². The zero-order chi connectivity index (χ0) is 19.3. The van der Waals surface area contributed by atoms with Gasteiger partial charge in [0.1, 0.15) is 11.3 Å². The van der Waals surface area contributed by atoms with Crippen molar-refractivity contribution in [2.45, 2.75) is 6.54 Å². The first kappa shape index (κ1) is 18.7. The van der Waals surface area contributed by atoms with Crippen molar-refractivity contribution in [2.75, 3.05) is 32.8 Å². The van der Waals surface area contributed by atoms with Gasteiger partial charge < -0.3 is 9.64 Å². The van der Waals surface area contributed by atoms with Crippen LogP contribution in [0.15, 0.2) is 54.9 Å². The molecule has 3 heterocycles. The van der Waals surface area contributed by atoms with Gasteiger partial charge in [0.25, 0.3) is 5.91 Å². The third-order valence-corrected chi connectivity index (χ3v) is 5.20. The minimum Gasteiger partial charge on any atom is -0.481 e. The second kappa shape index (κ2) is 8.54. The molecule has 0 atom stereocenters. The lowest BCUT2D eigenvalue weighted by Crippen LogP contribution is -2.49. The third-order valence-electron chi connectivity index (χ3n) is 4.87. The fourth-order valence-corrected chi connectivity index (χ4v) is 3.55. The SMILES string of the molecule is O=C(COc1ccc(Cl)c2cccnc12)N1CCN(Cc2ccccn2)CC1. The Morgan fingerprint density at radius 1 is 1.00 bits per heavy atom. The summed E-state index contributed by atoms with van der Waals surface area (Å²) < 4.78 is 5.78. The Morgan fingerprint density at radius 2 is 1.82 bits per heavy atom. The van der Waals surface area contributed by atoms with Gasteiger partial charge in [0.15, 0.2) is 6.61 Å². The zero-order valence-electron chi connectivity index (χ0n) is 15.4. The molecular weight excluding hydrogens is 376 g/mol. The standard InChI is InChI=1S/C21H21ClN4O2/c22-18-6-7-19(21-17(18)5-3-9-24-21)28-15-20(27)26-12-10-25(11-13-26)14-16-4-1-2-8-23-16/h1-9H,10-15H2. The highest BCUT2D eigenvalue weighted by Gasteiger charge is 2.22. The minimum atomic E-state index is -0.0171. The van der Waals surface area contributed by atoms with Gasteiger partial charge in [-0.2, -0.15) is 0 Å². The van der Waals surface area contributed by atoms with Crippen LogP contribution < -0.4 is 4.74 Å². The molecule has 144 valence electrons. The molecule has 0 saturated carbocycles. The number of carbonyl (C=O) groups is 1. The van der Waals surface area contributed by atoms with E-state index in [-0.39, 0.29) is 12.5 Å². The number of hydrogen-bond donors (Lipinski definition) is 0. The predicted octanol–water partition coefficient (Wildman–Crippen LogP) is 3.01. The van der Waals surface area contributed by atoms with Gasteiger partial charge in [0.05, 0.1) is 10.7 Å². The van der Waals surface area contributed by atoms with E-state index in [1.807, 2.05) is 41.4 Å². The van der Waals surface area contributed by atoms with Crippen LogP contribution >= 0.6 is 11.6 Å². The number of halogens is 1. The highest BCUT2D eigenvalue weighted by atomic mass is 35.5. The second-order valence-corrected chi connectivity index (χ2v) is 7.12. The highest BCUT2D eigenvalue weighted by Crippen LogP contribution is 2.29. The molecule has 0 bridgehead atoms. The van der Waals surface area contributed by atoms with E-state index in [4.69, 9.17) is 16.3 Å². The van der Waals surface area contributed by atoms with Gasteiger partial charge in [-0.15, -0.1) is 0 Å². The van der Waals surface area contributed by atoms with Crippen molar-refractivity contribution >= 4 is 28.4 Å². The lowest BCUT2D eigenvalue weighted by atomic mass is 10.2. The van der Waals surface area contributed by atoms with Crippen molar-refractivity contribution in [1.29, 1.82) is 0 Å². The molecule has 28 heavy (non-hydrogen) atoms. The number of aromatic nitrogens is 2. The molecule has 1 fully saturated rings. The summed E-state index contributed by atoms with van der Waals surface area (Å²) in [5.74, 6) is 0.554. The lowest BCUT2D eigenvalue weighted by molar-refractivity contribution is -0.135. The summed E-state index contributed by atoms with van der Waals surface area (Å²) >= 11 is 6.21. The molecule has 1 aliphatic rings. The number of ether oxygens (including phenoxy) is 1. The molecule has 6 nitrogen and oxygen atoms in total. The Labute approximate surface area is 168 Å². The molecule has 3 aromatic rings. The zero-order valence-corrected chi connectivity index (χ0v) is 16.2. The van der Waals surface area contributed by atoms with Gasteiger partial charge in [-0.05, 0) is 36.4 Å². The maximum absolute atomic E-state index is 12.6. The van der Waals surface area contributed by atoms with Gasteiger partial charge in [0.2, 0.25) is 0 Å². The summed E-state index contributed by atoms with van der Waals surface area (Å²) in [7, 11) is 0. The molecule has 0 radical (unpaired) electrons. The Morgan fingerprint density at radius 3 is 2.61 bits per heavy atom.